The van der Waals surface area contributed by atoms with E-state index >= 15 is 0 Å². The topological polar surface area (TPSA) is 6.25 Å². The van der Waals surface area contributed by atoms with Crippen LogP contribution in [0.15, 0.2) is 84.9 Å². The lowest BCUT2D eigenvalue weighted by atomic mass is 9.73. The lowest BCUT2D eigenvalue weighted by molar-refractivity contribution is -0.438. The van der Waals surface area contributed by atoms with E-state index < -0.39 is 0 Å². The Bertz CT molecular complexity index is 1520. The Morgan fingerprint density at radius 1 is 0.851 bits per heavy atom. The monoisotopic (exact) mass is 633 g/mol. The fourth-order valence-electron chi connectivity index (χ4n) is 8.22. The van der Waals surface area contributed by atoms with Gasteiger partial charge < -0.3 is 4.90 Å². The molecule has 1 aliphatic heterocycles. The molecule has 47 heavy (non-hydrogen) atoms. The van der Waals surface area contributed by atoms with Crippen LogP contribution in [-0.2, 0) is 5.41 Å². The number of nitrogens with zero attached hydrogens (tertiary/aromatic N) is 2. The Hall–Kier alpha value is -3.46. The smallest absolute Gasteiger partial charge is 0.212 e. The van der Waals surface area contributed by atoms with Crippen LogP contribution in [0.2, 0.25) is 0 Å². The number of fused-ring (bicyclic) bond motifs is 1. The minimum Gasteiger partial charge on any atom is -0.372 e. The van der Waals surface area contributed by atoms with Gasteiger partial charge in [-0.2, -0.15) is 4.58 Å². The first-order valence-corrected chi connectivity index (χ1v) is 18.6. The summed E-state index contributed by atoms with van der Waals surface area (Å²) in [5.74, 6) is 1.66. The molecule has 5 rings (SSSR count). The first-order chi connectivity index (χ1) is 22.9. The van der Waals surface area contributed by atoms with E-state index in [0.29, 0.717) is 0 Å². The van der Waals surface area contributed by atoms with E-state index in [2.05, 4.69) is 123 Å². The van der Waals surface area contributed by atoms with E-state index in [1.54, 1.807) is 12.1 Å². The molecule has 0 amide bonds. The summed E-state index contributed by atoms with van der Waals surface area (Å²) >= 11 is 0. The van der Waals surface area contributed by atoms with Crippen molar-refractivity contribution in [2.45, 2.75) is 104 Å². The highest BCUT2D eigenvalue weighted by molar-refractivity contribution is 6.06. The predicted molar refractivity (Wildman–Crippen MR) is 202 cm³/mol. The molecule has 0 radical (unpaired) electrons. The number of anilines is 1. The molecule has 1 aliphatic carbocycles. The molecule has 1 saturated carbocycles. The predicted octanol–water partition coefficient (Wildman–Crippen LogP) is 12.0. The van der Waals surface area contributed by atoms with Crippen LogP contribution in [-0.4, -0.2) is 29.9 Å². The van der Waals surface area contributed by atoms with Gasteiger partial charge in [-0.1, -0.05) is 101 Å². The van der Waals surface area contributed by atoms with Gasteiger partial charge >= 0.3 is 0 Å². The van der Waals surface area contributed by atoms with Gasteiger partial charge in [0, 0.05) is 42.9 Å². The molecule has 3 heteroatoms. The van der Waals surface area contributed by atoms with Crippen molar-refractivity contribution >= 4 is 28.7 Å². The second-order valence-electron chi connectivity index (χ2n) is 14.1. The van der Waals surface area contributed by atoms with Crippen molar-refractivity contribution in [1.82, 2.24) is 0 Å². The van der Waals surface area contributed by atoms with Crippen molar-refractivity contribution in [2.24, 2.45) is 11.8 Å². The lowest BCUT2D eigenvalue weighted by Gasteiger charge is -2.27. The third kappa shape index (κ3) is 8.34. The Kier molecular flexibility index (Phi) is 12.3. The number of unbranched alkanes of at least 4 members (excludes halogenated alkanes) is 1. The molecule has 3 aromatic carbocycles. The van der Waals surface area contributed by atoms with Crippen molar-refractivity contribution in [3.05, 3.63) is 107 Å². The minimum atomic E-state index is -0.296. The zero-order valence-corrected chi connectivity index (χ0v) is 29.8. The van der Waals surface area contributed by atoms with Gasteiger partial charge in [0.05, 0.1) is 5.41 Å². The molecule has 250 valence electrons. The maximum Gasteiger partial charge on any atom is 0.212 e. The van der Waals surface area contributed by atoms with Gasteiger partial charge in [-0.25, -0.2) is 4.39 Å². The number of benzene rings is 3. The van der Waals surface area contributed by atoms with Gasteiger partial charge in [0.15, 0.2) is 5.71 Å². The highest BCUT2D eigenvalue weighted by Gasteiger charge is 2.48. The Morgan fingerprint density at radius 2 is 1.55 bits per heavy atom. The van der Waals surface area contributed by atoms with E-state index in [1.165, 1.54) is 78.6 Å². The summed E-state index contributed by atoms with van der Waals surface area (Å²) in [4.78, 5) is 2.38. The summed E-state index contributed by atoms with van der Waals surface area (Å²) in [5, 5.41) is 0. The quantitative estimate of drug-likeness (QED) is 0.119. The third-order valence-corrected chi connectivity index (χ3v) is 11.1. The zero-order chi connectivity index (χ0) is 33.2. The maximum atomic E-state index is 15.0. The molecule has 1 atom stereocenters. The lowest BCUT2D eigenvalue weighted by Crippen LogP contribution is -2.32. The molecule has 0 aromatic heterocycles. The van der Waals surface area contributed by atoms with Crippen molar-refractivity contribution in [1.29, 1.82) is 0 Å². The SMILES string of the molecule is CCC=C(CC1(C)C(/C=C/c2ccc(N(CC)CC)cc2)=[N+](CCCCC2CCC(CC)CC2)c2cc(F)ccc21)c1ccccc1. The van der Waals surface area contributed by atoms with Crippen LogP contribution in [0, 0.1) is 17.7 Å². The number of hydrogen-bond acceptors (Lipinski definition) is 1. The number of halogens is 1. The van der Waals surface area contributed by atoms with E-state index in [1.807, 2.05) is 0 Å². The second kappa shape index (κ2) is 16.6. The fourth-order valence-corrected chi connectivity index (χ4v) is 8.22. The molecule has 1 heterocycles. The molecular formula is C44H58FN2+. The molecule has 0 saturated heterocycles. The summed E-state index contributed by atoms with van der Waals surface area (Å²) in [5.41, 5.74) is 8.31. The molecule has 2 aliphatic rings. The Balaban J connectivity index is 1.48. The number of allylic oxidation sites excluding steroid dienone is 3. The Morgan fingerprint density at radius 3 is 2.21 bits per heavy atom. The van der Waals surface area contributed by atoms with E-state index in [9.17, 15) is 4.39 Å². The van der Waals surface area contributed by atoms with Gasteiger partial charge in [-0.05, 0) is 98.9 Å². The van der Waals surface area contributed by atoms with Crippen LogP contribution in [0.5, 0.6) is 0 Å². The van der Waals surface area contributed by atoms with Gasteiger partial charge in [-0.3, -0.25) is 0 Å². The first kappa shape index (κ1) is 34.9. The molecule has 3 aromatic rings. The van der Waals surface area contributed by atoms with Gasteiger partial charge in [-0.15, -0.1) is 0 Å². The average molecular weight is 634 g/mol. The van der Waals surface area contributed by atoms with Crippen molar-refractivity contribution in [3.63, 3.8) is 0 Å². The highest BCUT2D eigenvalue weighted by atomic mass is 19.1. The molecule has 0 bridgehead atoms. The number of hydrogen-bond donors (Lipinski definition) is 0. The van der Waals surface area contributed by atoms with Gasteiger partial charge in [0.2, 0.25) is 5.69 Å². The van der Waals surface area contributed by atoms with E-state index in [4.69, 9.17) is 0 Å². The van der Waals surface area contributed by atoms with Crippen LogP contribution in [0.4, 0.5) is 15.8 Å². The summed E-state index contributed by atoms with van der Waals surface area (Å²) in [6.07, 6.45) is 19.4. The average Bonchev–Trinajstić information content (AvgIpc) is 3.32. The second-order valence-corrected chi connectivity index (χ2v) is 14.1. The van der Waals surface area contributed by atoms with Crippen LogP contribution < -0.4 is 4.90 Å². The van der Waals surface area contributed by atoms with Crippen LogP contribution in [0.1, 0.15) is 116 Å². The normalized spacial score (nSPS) is 21.4. The molecule has 0 spiro atoms. The largest absolute Gasteiger partial charge is 0.372 e. The number of rotatable bonds is 15. The van der Waals surface area contributed by atoms with Crippen LogP contribution in [0.25, 0.3) is 11.6 Å². The fraction of sp³-hybridized carbons (Fsp3) is 0.477. The first-order valence-electron chi connectivity index (χ1n) is 18.6. The molecule has 1 unspecified atom stereocenters. The van der Waals surface area contributed by atoms with E-state index in [0.717, 1.165) is 56.4 Å². The summed E-state index contributed by atoms with van der Waals surface area (Å²) in [6.45, 7) is 14.3. The third-order valence-electron chi connectivity index (χ3n) is 11.1. The summed E-state index contributed by atoms with van der Waals surface area (Å²) in [6, 6.07) is 25.2. The summed E-state index contributed by atoms with van der Waals surface area (Å²) in [7, 11) is 0. The van der Waals surface area contributed by atoms with Crippen molar-refractivity contribution < 1.29 is 8.97 Å². The van der Waals surface area contributed by atoms with E-state index in [-0.39, 0.29) is 11.2 Å². The molecule has 2 nitrogen and oxygen atoms in total. The highest BCUT2D eigenvalue weighted by Crippen LogP contribution is 2.46. The maximum absolute atomic E-state index is 15.0. The standard InChI is InChI=1S/C44H58FN2/c1-6-15-38(37-17-11-10-12-18-37)33-44(5)41-29-26-39(45)32-42(41)47(31-14-13-16-35-21-19-34(7-2)20-22-35)43(44)30-25-36-23-27-40(28-24-36)46(8-3)9-4/h10-12,15,17-18,23-30,32,34-35H,6-9,13-14,16,19-22,31,33H2,1-5H3/q+1. The molecular weight excluding hydrogens is 575 g/mol. The van der Waals surface area contributed by atoms with Crippen molar-refractivity contribution in [3.8, 4) is 0 Å². The van der Waals surface area contributed by atoms with Crippen LogP contribution >= 0.6 is 0 Å². The Labute approximate surface area is 285 Å². The molecule has 0 N–H and O–H groups in total. The van der Waals surface area contributed by atoms with Crippen LogP contribution in [0.3, 0.4) is 0 Å². The van der Waals surface area contributed by atoms with Gasteiger partial charge in [0.1, 0.15) is 12.4 Å². The minimum absolute atomic E-state index is 0.159. The summed E-state index contributed by atoms with van der Waals surface area (Å²) < 4.78 is 17.5. The van der Waals surface area contributed by atoms with Gasteiger partial charge in [0.25, 0.3) is 0 Å². The zero-order valence-electron chi connectivity index (χ0n) is 29.8. The van der Waals surface area contributed by atoms with Crippen molar-refractivity contribution in [2.75, 3.05) is 24.5 Å². The molecule has 1 fully saturated rings.